The van der Waals surface area contributed by atoms with Crippen LogP contribution in [0.4, 0.5) is 0 Å². The topological polar surface area (TPSA) is 37.8 Å². The van der Waals surface area contributed by atoms with Gasteiger partial charge < -0.3 is 5.32 Å². The Bertz CT molecular complexity index is 313. The van der Waals surface area contributed by atoms with Crippen LogP contribution in [0.25, 0.3) is 0 Å². The number of nitrogens with zero attached hydrogens (tertiary/aromatic N) is 2. The van der Waals surface area contributed by atoms with Crippen molar-refractivity contribution in [2.24, 2.45) is 0 Å². The zero-order valence-corrected chi connectivity index (χ0v) is 10.7. The molecule has 0 aliphatic heterocycles. The second-order valence-corrected chi connectivity index (χ2v) is 5.37. The normalized spacial score (nSPS) is 11.0. The molecule has 0 fully saturated rings. The van der Waals surface area contributed by atoms with Crippen molar-refractivity contribution in [1.82, 2.24) is 15.3 Å². The minimum atomic E-state index is 0.627. The first kappa shape index (κ1) is 12.5. The van der Waals surface area contributed by atoms with Crippen LogP contribution in [0.3, 0.4) is 0 Å². The highest BCUT2D eigenvalue weighted by Gasteiger charge is 2.03. The molecule has 0 amide bonds. The Balaban J connectivity index is 2.70. The monoisotopic (exact) mass is 225 g/mol. The summed E-state index contributed by atoms with van der Waals surface area (Å²) in [6.45, 7) is 7.21. The van der Waals surface area contributed by atoms with Crippen LogP contribution < -0.4 is 5.32 Å². The van der Waals surface area contributed by atoms with Gasteiger partial charge in [0, 0.05) is 12.2 Å². The zero-order chi connectivity index (χ0) is 11.3. The molecule has 0 bridgehead atoms. The standard InChI is InChI=1S/C11H19N3S/c1-8(2)15-7-11-13-9(3)5-10(14-11)6-12-4/h5,8,12H,6-7H2,1-4H3. The number of aromatic nitrogens is 2. The summed E-state index contributed by atoms with van der Waals surface area (Å²) in [5.74, 6) is 1.84. The number of hydrogen-bond donors (Lipinski definition) is 1. The first-order valence-electron chi connectivity index (χ1n) is 5.21. The number of aryl methyl sites for hydroxylation is 1. The minimum absolute atomic E-state index is 0.627. The van der Waals surface area contributed by atoms with E-state index < -0.39 is 0 Å². The molecule has 0 unspecified atom stereocenters. The molecule has 0 aliphatic carbocycles. The zero-order valence-electron chi connectivity index (χ0n) is 9.87. The van der Waals surface area contributed by atoms with E-state index in [2.05, 4.69) is 29.1 Å². The average Bonchev–Trinajstić information content (AvgIpc) is 2.14. The number of hydrogen-bond acceptors (Lipinski definition) is 4. The van der Waals surface area contributed by atoms with E-state index in [-0.39, 0.29) is 0 Å². The van der Waals surface area contributed by atoms with E-state index in [1.165, 1.54) is 0 Å². The molecule has 0 atom stereocenters. The van der Waals surface area contributed by atoms with Gasteiger partial charge in [-0.3, -0.25) is 0 Å². The van der Waals surface area contributed by atoms with Gasteiger partial charge in [-0.1, -0.05) is 13.8 Å². The van der Waals surface area contributed by atoms with E-state index >= 15 is 0 Å². The van der Waals surface area contributed by atoms with E-state index in [4.69, 9.17) is 0 Å². The Kier molecular flexibility index (Phi) is 5.05. The first-order chi connectivity index (χ1) is 7.11. The molecule has 1 heterocycles. The van der Waals surface area contributed by atoms with Gasteiger partial charge in [0.1, 0.15) is 5.82 Å². The molecule has 1 aromatic heterocycles. The summed E-state index contributed by atoms with van der Waals surface area (Å²) in [6, 6.07) is 2.03. The fraction of sp³-hybridized carbons (Fsp3) is 0.636. The van der Waals surface area contributed by atoms with Gasteiger partial charge >= 0.3 is 0 Å². The number of rotatable bonds is 5. The summed E-state index contributed by atoms with van der Waals surface area (Å²) >= 11 is 1.87. The van der Waals surface area contributed by atoms with Gasteiger partial charge in [0.15, 0.2) is 0 Å². The summed E-state index contributed by atoms with van der Waals surface area (Å²) < 4.78 is 0. The lowest BCUT2D eigenvalue weighted by Crippen LogP contribution is -2.09. The van der Waals surface area contributed by atoms with Crippen molar-refractivity contribution in [3.8, 4) is 0 Å². The van der Waals surface area contributed by atoms with E-state index in [0.29, 0.717) is 5.25 Å². The molecule has 1 aromatic rings. The van der Waals surface area contributed by atoms with Crippen LogP contribution in [0, 0.1) is 6.92 Å². The predicted octanol–water partition coefficient (Wildman–Crippen LogP) is 2.15. The van der Waals surface area contributed by atoms with Gasteiger partial charge in [-0.15, -0.1) is 0 Å². The molecule has 0 aliphatic rings. The summed E-state index contributed by atoms with van der Waals surface area (Å²) in [7, 11) is 1.93. The van der Waals surface area contributed by atoms with Gasteiger partial charge in [0.25, 0.3) is 0 Å². The lowest BCUT2D eigenvalue weighted by molar-refractivity contribution is 0.773. The highest BCUT2D eigenvalue weighted by atomic mass is 32.2. The van der Waals surface area contributed by atoms with Gasteiger partial charge in [-0.25, -0.2) is 9.97 Å². The van der Waals surface area contributed by atoms with Gasteiger partial charge in [-0.05, 0) is 25.3 Å². The second kappa shape index (κ2) is 6.08. The van der Waals surface area contributed by atoms with Crippen molar-refractivity contribution in [3.63, 3.8) is 0 Å². The largest absolute Gasteiger partial charge is 0.314 e. The van der Waals surface area contributed by atoms with Gasteiger partial charge in [-0.2, -0.15) is 11.8 Å². The van der Waals surface area contributed by atoms with Gasteiger partial charge in [0.05, 0.1) is 11.4 Å². The maximum Gasteiger partial charge on any atom is 0.138 e. The third kappa shape index (κ3) is 4.62. The quantitative estimate of drug-likeness (QED) is 0.833. The molecule has 3 nitrogen and oxygen atoms in total. The van der Waals surface area contributed by atoms with Crippen LogP contribution in [0.2, 0.25) is 0 Å². The van der Waals surface area contributed by atoms with E-state index in [0.717, 1.165) is 29.5 Å². The van der Waals surface area contributed by atoms with Crippen molar-refractivity contribution >= 4 is 11.8 Å². The maximum atomic E-state index is 4.50. The molecule has 15 heavy (non-hydrogen) atoms. The van der Waals surface area contributed by atoms with Crippen LogP contribution in [-0.2, 0) is 12.3 Å². The third-order valence-corrected chi connectivity index (χ3v) is 2.95. The highest BCUT2D eigenvalue weighted by Crippen LogP contribution is 2.15. The van der Waals surface area contributed by atoms with Crippen molar-refractivity contribution in [2.45, 2.75) is 38.3 Å². The fourth-order valence-electron chi connectivity index (χ4n) is 1.28. The SMILES string of the molecule is CNCc1cc(C)nc(CSC(C)C)n1. The molecule has 0 saturated carbocycles. The summed E-state index contributed by atoms with van der Waals surface area (Å²) in [4.78, 5) is 8.93. The lowest BCUT2D eigenvalue weighted by atomic mass is 10.3. The van der Waals surface area contributed by atoms with Crippen molar-refractivity contribution in [2.75, 3.05) is 7.05 Å². The minimum Gasteiger partial charge on any atom is -0.314 e. The molecule has 1 rings (SSSR count). The molecule has 4 heteroatoms. The van der Waals surface area contributed by atoms with Crippen molar-refractivity contribution < 1.29 is 0 Å². The Labute approximate surface area is 96.1 Å². The summed E-state index contributed by atoms with van der Waals surface area (Å²) in [6.07, 6.45) is 0. The first-order valence-corrected chi connectivity index (χ1v) is 6.26. The molecular formula is C11H19N3S. The van der Waals surface area contributed by atoms with Crippen LogP contribution in [0.15, 0.2) is 6.07 Å². The van der Waals surface area contributed by atoms with E-state index in [1.807, 2.05) is 31.8 Å². The van der Waals surface area contributed by atoms with Crippen LogP contribution >= 0.6 is 11.8 Å². The van der Waals surface area contributed by atoms with Crippen LogP contribution in [-0.4, -0.2) is 22.3 Å². The second-order valence-electron chi connectivity index (χ2n) is 3.81. The predicted molar refractivity (Wildman–Crippen MR) is 66.0 cm³/mol. The Morgan fingerprint density at radius 3 is 2.73 bits per heavy atom. The fourth-order valence-corrected chi connectivity index (χ4v) is 1.89. The summed E-state index contributed by atoms with van der Waals surface area (Å²) in [5.41, 5.74) is 2.12. The summed E-state index contributed by atoms with van der Waals surface area (Å²) in [5, 5.41) is 3.73. The van der Waals surface area contributed by atoms with Crippen LogP contribution in [0.1, 0.15) is 31.1 Å². The molecule has 84 valence electrons. The molecule has 1 N–H and O–H groups in total. The Morgan fingerprint density at radius 2 is 2.13 bits per heavy atom. The van der Waals surface area contributed by atoms with E-state index in [1.54, 1.807) is 0 Å². The van der Waals surface area contributed by atoms with Crippen molar-refractivity contribution in [3.05, 3.63) is 23.3 Å². The third-order valence-electron chi connectivity index (χ3n) is 1.86. The Morgan fingerprint density at radius 1 is 1.40 bits per heavy atom. The number of thioether (sulfide) groups is 1. The number of nitrogens with one attached hydrogen (secondary N) is 1. The van der Waals surface area contributed by atoms with E-state index in [9.17, 15) is 0 Å². The molecule has 0 saturated heterocycles. The molecular weight excluding hydrogens is 206 g/mol. The van der Waals surface area contributed by atoms with Gasteiger partial charge in [0.2, 0.25) is 0 Å². The smallest absolute Gasteiger partial charge is 0.138 e. The Hall–Kier alpha value is -0.610. The van der Waals surface area contributed by atoms with Crippen molar-refractivity contribution in [1.29, 1.82) is 0 Å². The molecule has 0 aromatic carbocycles. The lowest BCUT2D eigenvalue weighted by Gasteiger charge is -2.07. The molecule has 0 spiro atoms. The highest BCUT2D eigenvalue weighted by molar-refractivity contribution is 7.99. The molecule has 0 radical (unpaired) electrons. The van der Waals surface area contributed by atoms with Crippen LogP contribution in [0.5, 0.6) is 0 Å². The average molecular weight is 225 g/mol. The maximum absolute atomic E-state index is 4.50.